The van der Waals surface area contributed by atoms with E-state index in [0.29, 0.717) is 17.7 Å². The molecule has 25 heteroatoms. The smallest absolute Gasteiger partial charge is 0.326 e. The van der Waals surface area contributed by atoms with Crippen LogP contribution in [0.15, 0.2) is 30.5 Å². The van der Waals surface area contributed by atoms with Crippen molar-refractivity contribution in [1.29, 1.82) is 0 Å². The van der Waals surface area contributed by atoms with Crippen molar-refractivity contribution >= 4 is 81.8 Å². The lowest BCUT2D eigenvalue weighted by Crippen LogP contribution is -2.63. The van der Waals surface area contributed by atoms with E-state index in [4.69, 9.17) is 11.5 Å². The lowest BCUT2D eigenvalue weighted by atomic mass is 9.96. The Kier molecular flexibility index (Phi) is 28.7. The van der Waals surface area contributed by atoms with Gasteiger partial charge in [-0.15, -0.1) is 0 Å². The highest BCUT2D eigenvalue weighted by atomic mass is 32.2. The number of para-hydroxylation sites is 1. The molecule has 2 rings (SSSR count). The molecule has 0 aliphatic heterocycles. The molecule has 0 unspecified atom stereocenters. The van der Waals surface area contributed by atoms with Gasteiger partial charge >= 0.3 is 5.97 Å². The van der Waals surface area contributed by atoms with Crippen molar-refractivity contribution in [3.05, 3.63) is 36.0 Å². The Hall–Kier alpha value is -6.31. The van der Waals surface area contributed by atoms with Crippen LogP contribution in [0.2, 0.25) is 0 Å². The first-order valence-electron chi connectivity index (χ1n) is 26.2. The molecule has 11 atom stereocenters. The summed E-state index contributed by atoms with van der Waals surface area (Å²) in [6.45, 7) is 14.8. The number of hydrogen-bond donors (Lipinski definition) is 14. The van der Waals surface area contributed by atoms with E-state index in [9.17, 15) is 63.3 Å². The van der Waals surface area contributed by atoms with Crippen LogP contribution >= 0.6 is 11.8 Å². The summed E-state index contributed by atoms with van der Waals surface area (Å²) in [4.78, 5) is 138. The van der Waals surface area contributed by atoms with E-state index in [1.165, 1.54) is 18.7 Å². The maximum atomic E-state index is 14.7. The monoisotopic (exact) mass is 1100 g/mol. The second-order valence-electron chi connectivity index (χ2n) is 20.8. The second kappa shape index (κ2) is 33.1. The summed E-state index contributed by atoms with van der Waals surface area (Å²) in [6, 6.07) is -5.03. The number of carboxylic acids is 1. The molecule has 1 aromatic heterocycles. The number of aromatic nitrogens is 1. The standard InChI is InChI=1S/C52H85N11O13S/c1-11-29(8)42(50(73)63-43(30(9)65)51(74)57-35(16-17-41(54)66)45(68)61-40(52(75)76)22-28(6)7)62-49(72)39(23-31-24-55-34-15-13-12-14-32(31)34)60-46(69)36(18-19-77-10)56-47(70)38(21-27(4)5)59-48(71)37(20-26(2)3)58-44(67)33(53)25-64/h12-15,24,26-30,33,35-40,42-43,55,64-65H,11,16-23,25,53H2,1-10H3,(H2,54,66)(H,56,70)(H,57,74)(H,58,67)(H,59,71)(H,60,69)(H,61,68)(H,62,72)(H,63,73)(H,75,76)/t29-,30+,33-,35-,36-,37-,38-,39-,40-,42-,43-/m0/s1. The number of fused-ring (bicyclic) bond motifs is 1. The fourth-order valence-corrected chi connectivity index (χ4v) is 8.68. The Morgan fingerprint density at radius 3 is 1.55 bits per heavy atom. The number of hydrogen-bond acceptors (Lipinski definition) is 14. The van der Waals surface area contributed by atoms with Crippen LogP contribution in [0.4, 0.5) is 0 Å². The van der Waals surface area contributed by atoms with Gasteiger partial charge < -0.3 is 74.3 Å². The molecule has 0 bridgehead atoms. The Morgan fingerprint density at radius 1 is 0.597 bits per heavy atom. The summed E-state index contributed by atoms with van der Waals surface area (Å²) in [5.74, 6) is -9.50. The molecule has 0 fully saturated rings. The van der Waals surface area contributed by atoms with Gasteiger partial charge in [-0.25, -0.2) is 4.79 Å². The van der Waals surface area contributed by atoms with Gasteiger partial charge in [-0.3, -0.25) is 43.2 Å². The lowest BCUT2D eigenvalue weighted by molar-refractivity contribution is -0.143. The molecule has 77 heavy (non-hydrogen) atoms. The number of carbonyl (C=O) groups is 10. The van der Waals surface area contributed by atoms with E-state index in [2.05, 4.69) is 47.5 Å². The molecule has 0 spiro atoms. The van der Waals surface area contributed by atoms with Crippen LogP contribution in [0.25, 0.3) is 10.9 Å². The number of benzene rings is 1. The average Bonchev–Trinajstić information content (AvgIpc) is 3.77. The van der Waals surface area contributed by atoms with Crippen molar-refractivity contribution < 1.29 is 63.3 Å². The van der Waals surface area contributed by atoms with Gasteiger partial charge in [-0.1, -0.05) is 80.0 Å². The predicted molar refractivity (Wildman–Crippen MR) is 291 cm³/mol. The average molecular weight is 1100 g/mol. The molecule has 24 nitrogen and oxygen atoms in total. The third-order valence-electron chi connectivity index (χ3n) is 12.7. The van der Waals surface area contributed by atoms with Crippen molar-refractivity contribution in [3.63, 3.8) is 0 Å². The van der Waals surface area contributed by atoms with Crippen molar-refractivity contribution in [1.82, 2.24) is 47.5 Å². The van der Waals surface area contributed by atoms with Gasteiger partial charge in [0.15, 0.2) is 0 Å². The number of aliphatic hydroxyl groups excluding tert-OH is 2. The highest BCUT2D eigenvalue weighted by Gasteiger charge is 2.38. The summed E-state index contributed by atoms with van der Waals surface area (Å²) in [7, 11) is 0. The number of primary amides is 1. The van der Waals surface area contributed by atoms with Gasteiger partial charge in [0, 0.05) is 29.9 Å². The molecule has 0 saturated heterocycles. The Morgan fingerprint density at radius 2 is 1.04 bits per heavy atom. The number of nitrogens with one attached hydrogen (secondary N) is 9. The Balaban J connectivity index is 2.55. The van der Waals surface area contributed by atoms with Crippen molar-refractivity contribution in [2.24, 2.45) is 35.1 Å². The van der Waals surface area contributed by atoms with Gasteiger partial charge in [0.2, 0.25) is 53.2 Å². The minimum absolute atomic E-state index is 0.0434. The SMILES string of the molecule is CC[C@H](C)[C@H](NC(=O)[C@H](Cc1c[nH]c2ccccc12)NC(=O)[C@H](CCSC)NC(=O)[C@H](CC(C)C)NC(=O)[C@H](CC(C)C)NC(=O)[C@@H](N)CO)C(=O)N[C@H](C(=O)N[C@@H](CCC(N)=O)C(=O)N[C@@H](CC(C)C)C(=O)O)[C@@H](C)O. The van der Waals surface area contributed by atoms with E-state index >= 15 is 0 Å². The minimum atomic E-state index is -1.75. The number of amides is 9. The van der Waals surface area contributed by atoms with Gasteiger partial charge in [0.05, 0.1) is 12.7 Å². The molecule has 0 radical (unpaired) electrons. The van der Waals surface area contributed by atoms with E-state index in [-0.39, 0.29) is 56.3 Å². The van der Waals surface area contributed by atoms with Crippen molar-refractivity contribution in [2.75, 3.05) is 18.6 Å². The first-order chi connectivity index (χ1) is 36.1. The first kappa shape index (κ1) is 66.8. The number of H-pyrrole nitrogens is 1. The van der Waals surface area contributed by atoms with Gasteiger partial charge in [0.25, 0.3) is 0 Å². The summed E-state index contributed by atoms with van der Waals surface area (Å²) < 4.78 is 0. The summed E-state index contributed by atoms with van der Waals surface area (Å²) in [6.07, 6.45) is 1.74. The summed E-state index contributed by atoms with van der Waals surface area (Å²) in [5, 5.41) is 51.6. The molecule has 0 aliphatic rings. The van der Waals surface area contributed by atoms with Gasteiger partial charge in [0.1, 0.15) is 54.4 Å². The van der Waals surface area contributed by atoms with Crippen molar-refractivity contribution in [2.45, 2.75) is 174 Å². The summed E-state index contributed by atoms with van der Waals surface area (Å²) >= 11 is 1.39. The van der Waals surface area contributed by atoms with Crippen molar-refractivity contribution in [3.8, 4) is 0 Å². The van der Waals surface area contributed by atoms with Crippen LogP contribution in [0.5, 0.6) is 0 Å². The quantitative estimate of drug-likeness (QED) is 0.0417. The molecular formula is C52H85N11O13S. The molecule has 0 aliphatic carbocycles. The van der Waals surface area contributed by atoms with Gasteiger partial charge in [-0.2, -0.15) is 11.8 Å². The van der Waals surface area contributed by atoms with Crippen LogP contribution in [0.3, 0.4) is 0 Å². The topological polar surface area (TPSA) is 395 Å². The number of nitrogens with two attached hydrogens (primary N) is 2. The number of aliphatic hydroxyl groups is 2. The predicted octanol–water partition coefficient (Wildman–Crippen LogP) is -0.423. The molecule has 2 aromatic rings. The number of aromatic amines is 1. The molecule has 432 valence electrons. The van der Waals surface area contributed by atoms with E-state index in [1.807, 2.05) is 45.9 Å². The van der Waals surface area contributed by atoms with Crippen LogP contribution in [0.1, 0.15) is 113 Å². The Labute approximate surface area is 455 Å². The Bertz CT molecular complexity index is 2310. The van der Waals surface area contributed by atoms with E-state index in [0.717, 1.165) is 10.9 Å². The maximum Gasteiger partial charge on any atom is 0.326 e. The third-order valence-corrected chi connectivity index (χ3v) is 13.3. The highest BCUT2D eigenvalue weighted by molar-refractivity contribution is 7.98. The second-order valence-corrected chi connectivity index (χ2v) is 21.8. The molecule has 0 saturated carbocycles. The fraction of sp³-hybridized carbons (Fsp3) is 0.654. The zero-order chi connectivity index (χ0) is 58.3. The number of carbonyl (C=O) groups excluding carboxylic acids is 9. The minimum Gasteiger partial charge on any atom is -0.480 e. The van der Waals surface area contributed by atoms with Crippen LogP contribution in [-0.4, -0.2) is 159 Å². The number of aliphatic carboxylic acids is 1. The molecule has 1 aromatic carbocycles. The summed E-state index contributed by atoms with van der Waals surface area (Å²) in [5.41, 5.74) is 12.4. The third kappa shape index (κ3) is 22.7. The highest BCUT2D eigenvalue weighted by Crippen LogP contribution is 2.21. The molecular weight excluding hydrogens is 1020 g/mol. The zero-order valence-corrected chi connectivity index (χ0v) is 46.8. The molecule has 16 N–H and O–H groups in total. The normalized spacial score (nSPS) is 15.8. The maximum absolute atomic E-state index is 14.7. The zero-order valence-electron chi connectivity index (χ0n) is 46.0. The molecule has 9 amide bonds. The first-order valence-corrected chi connectivity index (χ1v) is 27.6. The van der Waals surface area contributed by atoms with Crippen LogP contribution in [-0.2, 0) is 54.4 Å². The largest absolute Gasteiger partial charge is 0.480 e. The number of rotatable bonds is 35. The van der Waals surface area contributed by atoms with Crippen LogP contribution < -0.4 is 54.0 Å². The van der Waals surface area contributed by atoms with E-state index in [1.54, 1.807) is 46.2 Å². The lowest BCUT2D eigenvalue weighted by Gasteiger charge is -2.30. The fourth-order valence-electron chi connectivity index (χ4n) is 8.20. The molecule has 1 heterocycles. The van der Waals surface area contributed by atoms with Crippen LogP contribution in [0, 0.1) is 23.7 Å². The van der Waals surface area contributed by atoms with E-state index < -0.39 is 139 Å². The number of thioether (sulfide) groups is 1. The number of carboxylic acid groups (broad SMARTS) is 1. The van der Waals surface area contributed by atoms with Gasteiger partial charge in [-0.05, 0) is 86.3 Å².